The van der Waals surface area contributed by atoms with E-state index in [1.807, 2.05) is 4.90 Å². The van der Waals surface area contributed by atoms with Gasteiger partial charge in [0.2, 0.25) is 18.6 Å². The summed E-state index contributed by atoms with van der Waals surface area (Å²) in [7, 11) is 0. The van der Waals surface area contributed by atoms with Crippen LogP contribution >= 0.6 is 0 Å². The first-order valence-corrected chi connectivity index (χ1v) is 10.7. The van der Waals surface area contributed by atoms with Gasteiger partial charge < -0.3 is 29.7 Å². The van der Waals surface area contributed by atoms with E-state index in [0.29, 0.717) is 37.7 Å². The molecule has 2 heterocycles. The van der Waals surface area contributed by atoms with Crippen LogP contribution in [-0.2, 0) is 9.59 Å². The third-order valence-electron chi connectivity index (χ3n) is 5.64. The SMILES string of the molecule is O=C(C=Cc1ccc2c(c1)OCO2)NC(CO)C(=O)N1CCN(c2ccc([N+](=O)[O-])cc2)CC1. The van der Waals surface area contributed by atoms with Crippen LogP contribution in [-0.4, -0.2) is 72.4 Å². The molecule has 2 aromatic carbocycles. The molecule has 0 bridgehead atoms. The van der Waals surface area contributed by atoms with E-state index in [1.54, 1.807) is 41.3 Å². The second kappa shape index (κ2) is 10.2. The van der Waals surface area contributed by atoms with Crippen molar-refractivity contribution in [2.75, 3.05) is 44.5 Å². The molecule has 2 aliphatic rings. The number of amides is 2. The number of aliphatic hydroxyl groups is 1. The minimum atomic E-state index is -1.06. The van der Waals surface area contributed by atoms with Gasteiger partial charge in [-0.3, -0.25) is 19.7 Å². The number of nitro benzene ring substituents is 1. The van der Waals surface area contributed by atoms with Gasteiger partial charge in [0.25, 0.3) is 5.69 Å². The van der Waals surface area contributed by atoms with Crippen LogP contribution in [0.25, 0.3) is 6.08 Å². The summed E-state index contributed by atoms with van der Waals surface area (Å²) in [6.45, 7) is 1.49. The van der Waals surface area contributed by atoms with E-state index in [2.05, 4.69) is 5.32 Å². The number of nitrogens with zero attached hydrogens (tertiary/aromatic N) is 3. The average molecular weight is 468 g/mol. The number of hydrogen-bond acceptors (Lipinski definition) is 8. The maximum Gasteiger partial charge on any atom is 0.269 e. The second-order valence-electron chi connectivity index (χ2n) is 7.78. The molecule has 0 saturated carbocycles. The van der Waals surface area contributed by atoms with Gasteiger partial charge in [0, 0.05) is 50.1 Å². The fourth-order valence-electron chi connectivity index (χ4n) is 3.78. The fraction of sp³-hybridized carbons (Fsp3) is 0.304. The number of benzene rings is 2. The van der Waals surface area contributed by atoms with E-state index >= 15 is 0 Å². The summed E-state index contributed by atoms with van der Waals surface area (Å²) in [6, 6.07) is 10.5. The number of non-ortho nitro benzene ring substituents is 1. The number of anilines is 1. The number of rotatable bonds is 7. The molecule has 0 aromatic heterocycles. The van der Waals surface area contributed by atoms with Crippen LogP contribution in [0.4, 0.5) is 11.4 Å². The maximum atomic E-state index is 12.8. The van der Waals surface area contributed by atoms with E-state index in [0.717, 1.165) is 11.3 Å². The zero-order chi connectivity index (χ0) is 24.1. The van der Waals surface area contributed by atoms with Crippen LogP contribution in [0, 0.1) is 10.1 Å². The number of ether oxygens (including phenoxy) is 2. The maximum absolute atomic E-state index is 12.8. The quantitative estimate of drug-likeness (QED) is 0.351. The van der Waals surface area contributed by atoms with Crippen molar-refractivity contribution in [3.8, 4) is 11.5 Å². The van der Waals surface area contributed by atoms with Crippen LogP contribution < -0.4 is 19.7 Å². The highest BCUT2D eigenvalue weighted by atomic mass is 16.7. The Balaban J connectivity index is 1.29. The fourth-order valence-corrected chi connectivity index (χ4v) is 3.78. The Bertz CT molecular complexity index is 1090. The smallest absolute Gasteiger partial charge is 0.269 e. The highest BCUT2D eigenvalue weighted by Gasteiger charge is 2.28. The Morgan fingerprint density at radius 3 is 2.47 bits per heavy atom. The van der Waals surface area contributed by atoms with Crippen LogP contribution in [0.3, 0.4) is 0 Å². The van der Waals surface area contributed by atoms with Crippen molar-refractivity contribution in [3.05, 3.63) is 64.2 Å². The lowest BCUT2D eigenvalue weighted by atomic mass is 10.1. The van der Waals surface area contributed by atoms with Crippen molar-refractivity contribution >= 4 is 29.3 Å². The second-order valence-corrected chi connectivity index (χ2v) is 7.78. The van der Waals surface area contributed by atoms with E-state index in [-0.39, 0.29) is 18.4 Å². The molecule has 1 unspecified atom stereocenters. The number of piperazine rings is 1. The van der Waals surface area contributed by atoms with Gasteiger partial charge in [-0.25, -0.2) is 0 Å². The lowest BCUT2D eigenvalue weighted by Gasteiger charge is -2.37. The molecule has 34 heavy (non-hydrogen) atoms. The molecule has 2 amide bonds. The molecule has 2 N–H and O–H groups in total. The lowest BCUT2D eigenvalue weighted by molar-refractivity contribution is -0.384. The first kappa shape index (κ1) is 23.1. The van der Waals surface area contributed by atoms with Crippen molar-refractivity contribution in [2.45, 2.75) is 6.04 Å². The minimum absolute atomic E-state index is 0.0201. The predicted molar refractivity (Wildman–Crippen MR) is 123 cm³/mol. The number of nitrogens with one attached hydrogen (secondary N) is 1. The third kappa shape index (κ3) is 5.26. The van der Waals surface area contributed by atoms with Crippen molar-refractivity contribution in [3.63, 3.8) is 0 Å². The van der Waals surface area contributed by atoms with Crippen molar-refractivity contribution in [1.29, 1.82) is 0 Å². The van der Waals surface area contributed by atoms with E-state index in [9.17, 15) is 24.8 Å². The molecule has 178 valence electrons. The highest BCUT2D eigenvalue weighted by Crippen LogP contribution is 2.32. The van der Waals surface area contributed by atoms with Gasteiger partial charge in [-0.05, 0) is 35.9 Å². The molecular weight excluding hydrogens is 444 g/mol. The van der Waals surface area contributed by atoms with Gasteiger partial charge in [-0.2, -0.15) is 0 Å². The minimum Gasteiger partial charge on any atom is -0.454 e. The van der Waals surface area contributed by atoms with Crippen LogP contribution in [0.15, 0.2) is 48.5 Å². The van der Waals surface area contributed by atoms with Gasteiger partial charge in [0.15, 0.2) is 11.5 Å². The molecule has 1 atom stereocenters. The molecular formula is C23H24N4O7. The Morgan fingerprint density at radius 2 is 1.79 bits per heavy atom. The molecule has 11 nitrogen and oxygen atoms in total. The standard InChI is InChI=1S/C23H24N4O7/c28-14-19(24-22(29)8-2-16-1-7-20-21(13-16)34-15-33-20)23(30)26-11-9-25(10-12-26)17-3-5-18(6-4-17)27(31)32/h1-8,13,19,28H,9-12,14-15H2,(H,24,29). The van der Waals surface area contributed by atoms with Crippen LogP contribution in [0.5, 0.6) is 11.5 Å². The summed E-state index contributed by atoms with van der Waals surface area (Å²) < 4.78 is 10.6. The summed E-state index contributed by atoms with van der Waals surface area (Å²) in [5.74, 6) is 0.366. The zero-order valence-electron chi connectivity index (χ0n) is 18.3. The summed E-state index contributed by atoms with van der Waals surface area (Å²) in [5, 5.41) is 23.0. The number of carbonyl (C=O) groups is 2. The van der Waals surface area contributed by atoms with Crippen LogP contribution in [0.1, 0.15) is 5.56 Å². The number of carbonyl (C=O) groups excluding carboxylic acids is 2. The van der Waals surface area contributed by atoms with Gasteiger partial charge in [-0.1, -0.05) is 6.07 Å². The molecule has 2 aromatic rings. The van der Waals surface area contributed by atoms with Gasteiger partial charge in [0.05, 0.1) is 11.5 Å². The number of aliphatic hydroxyl groups excluding tert-OH is 1. The number of hydrogen-bond donors (Lipinski definition) is 2. The molecule has 1 fully saturated rings. The number of fused-ring (bicyclic) bond motifs is 1. The van der Waals surface area contributed by atoms with Crippen molar-refractivity contribution in [1.82, 2.24) is 10.2 Å². The van der Waals surface area contributed by atoms with Crippen molar-refractivity contribution < 1.29 is 29.1 Å². The first-order valence-electron chi connectivity index (χ1n) is 10.7. The highest BCUT2D eigenvalue weighted by molar-refractivity contribution is 5.95. The summed E-state index contributed by atoms with van der Waals surface area (Å²) in [4.78, 5) is 39.1. The molecule has 0 spiro atoms. The van der Waals surface area contributed by atoms with Gasteiger partial charge >= 0.3 is 0 Å². The molecule has 11 heteroatoms. The third-order valence-corrected chi connectivity index (χ3v) is 5.64. The van der Waals surface area contributed by atoms with Crippen LogP contribution in [0.2, 0.25) is 0 Å². The van der Waals surface area contributed by atoms with Gasteiger partial charge in [0.1, 0.15) is 6.04 Å². The van der Waals surface area contributed by atoms with E-state index in [4.69, 9.17) is 9.47 Å². The topological polar surface area (TPSA) is 134 Å². The normalized spacial score (nSPS) is 15.9. The monoisotopic (exact) mass is 468 g/mol. The molecule has 0 aliphatic carbocycles. The Labute approximate surface area is 195 Å². The molecule has 0 radical (unpaired) electrons. The zero-order valence-corrected chi connectivity index (χ0v) is 18.3. The Morgan fingerprint density at radius 1 is 1.09 bits per heavy atom. The Hall–Kier alpha value is -4.12. The van der Waals surface area contributed by atoms with E-state index < -0.39 is 23.5 Å². The average Bonchev–Trinajstić information content (AvgIpc) is 3.34. The predicted octanol–water partition coefficient (Wildman–Crippen LogP) is 1.16. The van der Waals surface area contributed by atoms with Crippen molar-refractivity contribution in [2.24, 2.45) is 0 Å². The summed E-state index contributed by atoms with van der Waals surface area (Å²) >= 11 is 0. The first-order chi connectivity index (χ1) is 16.4. The lowest BCUT2D eigenvalue weighted by Crippen LogP contribution is -2.56. The molecule has 1 saturated heterocycles. The van der Waals surface area contributed by atoms with Gasteiger partial charge in [-0.15, -0.1) is 0 Å². The molecule has 2 aliphatic heterocycles. The summed E-state index contributed by atoms with van der Waals surface area (Å²) in [6.07, 6.45) is 2.87. The summed E-state index contributed by atoms with van der Waals surface area (Å²) in [5.41, 5.74) is 1.58. The van der Waals surface area contributed by atoms with E-state index in [1.165, 1.54) is 18.2 Å². The Kier molecular flexibility index (Phi) is 6.93. The number of nitro groups is 1. The largest absolute Gasteiger partial charge is 0.454 e. The molecule has 4 rings (SSSR count).